The Balaban J connectivity index is 2.15. The SMILES string of the molecule is COc1ccccc1CCc1ccnc(NC(N)=S)c1C. The number of aromatic nitrogens is 1. The number of nitrogens with two attached hydrogens (primary N) is 1. The maximum atomic E-state index is 5.51. The average molecular weight is 301 g/mol. The van der Waals surface area contributed by atoms with Crippen LogP contribution < -0.4 is 15.8 Å². The first-order chi connectivity index (χ1) is 10.1. The van der Waals surface area contributed by atoms with Crippen LogP contribution in [0.5, 0.6) is 5.75 Å². The molecule has 4 nitrogen and oxygen atoms in total. The van der Waals surface area contributed by atoms with Crippen LogP contribution in [0, 0.1) is 6.92 Å². The number of ether oxygens (including phenoxy) is 1. The molecule has 2 rings (SSSR count). The Hall–Kier alpha value is -2.14. The van der Waals surface area contributed by atoms with Crippen molar-refractivity contribution in [2.45, 2.75) is 19.8 Å². The summed E-state index contributed by atoms with van der Waals surface area (Å²) in [6, 6.07) is 10.1. The van der Waals surface area contributed by atoms with Gasteiger partial charge >= 0.3 is 0 Å². The molecular formula is C16H19N3OS. The Morgan fingerprint density at radius 3 is 2.67 bits per heavy atom. The van der Waals surface area contributed by atoms with Gasteiger partial charge in [0.05, 0.1) is 7.11 Å². The minimum Gasteiger partial charge on any atom is -0.496 e. The molecule has 2 aromatic rings. The molecule has 0 aliphatic carbocycles. The third-order valence-corrected chi connectivity index (χ3v) is 3.52. The van der Waals surface area contributed by atoms with Crippen molar-refractivity contribution in [2.75, 3.05) is 12.4 Å². The average Bonchev–Trinajstić information content (AvgIpc) is 2.48. The van der Waals surface area contributed by atoms with E-state index < -0.39 is 0 Å². The topological polar surface area (TPSA) is 60.2 Å². The van der Waals surface area contributed by atoms with E-state index in [1.807, 2.05) is 31.2 Å². The summed E-state index contributed by atoms with van der Waals surface area (Å²) < 4.78 is 5.38. The van der Waals surface area contributed by atoms with Crippen LogP contribution in [0.15, 0.2) is 36.5 Å². The number of benzene rings is 1. The van der Waals surface area contributed by atoms with Gasteiger partial charge in [-0.05, 0) is 60.8 Å². The number of pyridine rings is 1. The lowest BCUT2D eigenvalue weighted by Gasteiger charge is -2.12. The van der Waals surface area contributed by atoms with Gasteiger partial charge < -0.3 is 15.8 Å². The van der Waals surface area contributed by atoms with Crippen molar-refractivity contribution in [2.24, 2.45) is 5.73 Å². The highest BCUT2D eigenvalue weighted by Gasteiger charge is 2.08. The Morgan fingerprint density at radius 2 is 1.95 bits per heavy atom. The number of hydrogen-bond acceptors (Lipinski definition) is 3. The lowest BCUT2D eigenvalue weighted by Crippen LogP contribution is -2.20. The van der Waals surface area contributed by atoms with Gasteiger partial charge in [0, 0.05) is 6.20 Å². The Morgan fingerprint density at radius 1 is 1.24 bits per heavy atom. The van der Waals surface area contributed by atoms with Crippen LogP contribution in [-0.4, -0.2) is 17.2 Å². The van der Waals surface area contributed by atoms with Gasteiger partial charge in [-0.1, -0.05) is 18.2 Å². The number of hydrogen-bond donors (Lipinski definition) is 2. The van der Waals surface area contributed by atoms with Gasteiger partial charge in [-0.2, -0.15) is 0 Å². The van der Waals surface area contributed by atoms with E-state index in [2.05, 4.69) is 16.4 Å². The molecule has 1 heterocycles. The number of rotatable bonds is 5. The molecule has 0 aliphatic rings. The molecule has 0 unspecified atom stereocenters. The normalized spacial score (nSPS) is 10.2. The lowest BCUT2D eigenvalue weighted by molar-refractivity contribution is 0.409. The first-order valence-corrected chi connectivity index (χ1v) is 7.15. The van der Waals surface area contributed by atoms with Crippen molar-refractivity contribution in [1.29, 1.82) is 0 Å². The van der Waals surface area contributed by atoms with Gasteiger partial charge in [-0.15, -0.1) is 0 Å². The molecule has 110 valence electrons. The number of thiocarbonyl (C=S) groups is 1. The van der Waals surface area contributed by atoms with Gasteiger partial charge in [-0.3, -0.25) is 0 Å². The molecule has 5 heteroatoms. The smallest absolute Gasteiger partial charge is 0.169 e. The number of nitrogens with zero attached hydrogens (tertiary/aromatic N) is 1. The van der Waals surface area contributed by atoms with Crippen molar-refractivity contribution in [1.82, 2.24) is 4.98 Å². The van der Waals surface area contributed by atoms with Gasteiger partial charge in [0.15, 0.2) is 5.11 Å². The number of anilines is 1. The minimum atomic E-state index is 0.229. The largest absolute Gasteiger partial charge is 0.496 e. The standard InChI is InChI=1S/C16H19N3OS/c1-11-12(9-10-18-15(11)19-16(17)21)7-8-13-5-3-4-6-14(13)20-2/h3-6,9-10H,7-8H2,1-2H3,(H3,17,18,19,21). The summed E-state index contributed by atoms with van der Waals surface area (Å²) in [6.07, 6.45) is 3.58. The van der Waals surface area contributed by atoms with E-state index in [9.17, 15) is 0 Å². The third-order valence-electron chi connectivity index (χ3n) is 3.41. The van der Waals surface area contributed by atoms with E-state index in [4.69, 9.17) is 22.7 Å². The zero-order valence-electron chi connectivity index (χ0n) is 12.2. The van der Waals surface area contributed by atoms with E-state index in [0.717, 1.165) is 30.0 Å². The summed E-state index contributed by atoms with van der Waals surface area (Å²) in [4.78, 5) is 4.26. The molecule has 0 atom stereocenters. The van der Waals surface area contributed by atoms with E-state index >= 15 is 0 Å². The van der Waals surface area contributed by atoms with Crippen LogP contribution in [0.2, 0.25) is 0 Å². The van der Waals surface area contributed by atoms with Crippen molar-refractivity contribution in [3.63, 3.8) is 0 Å². The molecule has 3 N–H and O–H groups in total. The van der Waals surface area contributed by atoms with Crippen LogP contribution in [-0.2, 0) is 12.8 Å². The Labute approximate surface area is 130 Å². The van der Waals surface area contributed by atoms with E-state index in [0.29, 0.717) is 0 Å². The van der Waals surface area contributed by atoms with Gasteiger partial charge in [0.25, 0.3) is 0 Å². The number of nitrogens with one attached hydrogen (secondary N) is 1. The summed E-state index contributed by atoms with van der Waals surface area (Å²) in [5.41, 5.74) is 8.99. The van der Waals surface area contributed by atoms with Crippen molar-refractivity contribution >= 4 is 23.1 Å². The summed E-state index contributed by atoms with van der Waals surface area (Å²) in [6.45, 7) is 2.02. The van der Waals surface area contributed by atoms with E-state index in [1.54, 1.807) is 13.3 Å². The quantitative estimate of drug-likeness (QED) is 0.832. The molecule has 21 heavy (non-hydrogen) atoms. The minimum absolute atomic E-state index is 0.229. The Bertz CT molecular complexity index is 643. The van der Waals surface area contributed by atoms with E-state index in [-0.39, 0.29) is 5.11 Å². The molecule has 1 aromatic heterocycles. The first-order valence-electron chi connectivity index (χ1n) is 6.74. The molecule has 1 aromatic carbocycles. The predicted molar refractivity (Wildman–Crippen MR) is 89.8 cm³/mol. The number of aryl methyl sites for hydroxylation is 2. The zero-order valence-corrected chi connectivity index (χ0v) is 13.0. The van der Waals surface area contributed by atoms with Crippen molar-refractivity contribution in [3.05, 3.63) is 53.2 Å². The second kappa shape index (κ2) is 7.04. The van der Waals surface area contributed by atoms with E-state index in [1.165, 1.54) is 11.1 Å². The van der Waals surface area contributed by atoms with Gasteiger partial charge in [-0.25, -0.2) is 4.98 Å². The van der Waals surface area contributed by atoms with Crippen LogP contribution in [0.25, 0.3) is 0 Å². The third kappa shape index (κ3) is 3.92. The van der Waals surface area contributed by atoms with Gasteiger partial charge in [0.1, 0.15) is 11.6 Å². The molecular weight excluding hydrogens is 282 g/mol. The fourth-order valence-corrected chi connectivity index (χ4v) is 2.36. The number of para-hydroxylation sites is 1. The molecule has 0 amide bonds. The molecule has 0 radical (unpaired) electrons. The second-order valence-electron chi connectivity index (χ2n) is 4.74. The lowest BCUT2D eigenvalue weighted by atomic mass is 10.0. The van der Waals surface area contributed by atoms with Crippen LogP contribution >= 0.6 is 12.2 Å². The maximum Gasteiger partial charge on any atom is 0.169 e. The monoisotopic (exact) mass is 301 g/mol. The fourth-order valence-electron chi connectivity index (χ4n) is 2.27. The Kier molecular flexibility index (Phi) is 5.11. The molecule has 0 spiro atoms. The summed E-state index contributed by atoms with van der Waals surface area (Å²) in [5.74, 6) is 1.64. The fraction of sp³-hybridized carbons (Fsp3) is 0.250. The highest BCUT2D eigenvalue weighted by molar-refractivity contribution is 7.80. The summed E-state index contributed by atoms with van der Waals surface area (Å²) in [7, 11) is 1.70. The molecule has 0 fully saturated rings. The van der Waals surface area contributed by atoms with Crippen LogP contribution in [0.4, 0.5) is 5.82 Å². The van der Waals surface area contributed by atoms with Crippen molar-refractivity contribution in [3.8, 4) is 5.75 Å². The highest BCUT2D eigenvalue weighted by Crippen LogP contribution is 2.22. The molecule has 0 saturated heterocycles. The molecule has 0 saturated carbocycles. The summed E-state index contributed by atoms with van der Waals surface area (Å²) in [5, 5.41) is 3.14. The van der Waals surface area contributed by atoms with Crippen LogP contribution in [0.3, 0.4) is 0 Å². The molecule has 0 bridgehead atoms. The zero-order chi connectivity index (χ0) is 15.2. The van der Waals surface area contributed by atoms with Crippen LogP contribution in [0.1, 0.15) is 16.7 Å². The number of methoxy groups -OCH3 is 1. The van der Waals surface area contributed by atoms with Crippen molar-refractivity contribution < 1.29 is 4.74 Å². The predicted octanol–water partition coefficient (Wildman–Crippen LogP) is 2.84. The molecule has 0 aliphatic heterocycles. The first kappa shape index (κ1) is 15.3. The summed E-state index contributed by atoms with van der Waals surface area (Å²) >= 11 is 4.86. The van der Waals surface area contributed by atoms with Gasteiger partial charge in [0.2, 0.25) is 0 Å². The maximum absolute atomic E-state index is 5.51. The second-order valence-corrected chi connectivity index (χ2v) is 5.18. The highest BCUT2D eigenvalue weighted by atomic mass is 32.1.